The average molecular weight is 498 g/mol. The standard InChI is InChI=1S/C27H35N3O4S/c1-17(2)26(34)30-14-6-7-19-8-9-20(15-21(19)30)29-25(33)24(32)28-16-27(12-4-5-13-27)23-11-10-22(35-23)18(3)31/h8-11,15,17-18,31H,4-7,12-14,16H2,1-3H3,(H,28,32)(H,29,33). The van der Waals surface area contributed by atoms with Crippen molar-refractivity contribution in [1.29, 1.82) is 0 Å². The summed E-state index contributed by atoms with van der Waals surface area (Å²) < 4.78 is 0. The molecule has 188 valence electrons. The van der Waals surface area contributed by atoms with E-state index in [-0.39, 0.29) is 17.2 Å². The molecule has 1 aromatic carbocycles. The number of nitrogens with one attached hydrogen (secondary N) is 2. The largest absolute Gasteiger partial charge is 0.388 e. The average Bonchev–Trinajstić information content (AvgIpc) is 3.52. The number of nitrogens with zero attached hydrogens (tertiary/aromatic N) is 1. The van der Waals surface area contributed by atoms with E-state index in [9.17, 15) is 19.5 Å². The summed E-state index contributed by atoms with van der Waals surface area (Å²) in [5.74, 6) is -1.45. The van der Waals surface area contributed by atoms with Crippen LogP contribution in [-0.4, -0.2) is 35.9 Å². The monoisotopic (exact) mass is 497 g/mol. The van der Waals surface area contributed by atoms with Crippen molar-refractivity contribution in [3.05, 3.63) is 45.6 Å². The highest BCUT2D eigenvalue weighted by Crippen LogP contribution is 2.44. The maximum Gasteiger partial charge on any atom is 0.313 e. The Morgan fingerprint density at radius 3 is 2.46 bits per heavy atom. The lowest BCUT2D eigenvalue weighted by Crippen LogP contribution is -2.43. The Morgan fingerprint density at radius 2 is 1.80 bits per heavy atom. The highest BCUT2D eigenvalue weighted by molar-refractivity contribution is 7.12. The summed E-state index contributed by atoms with van der Waals surface area (Å²) in [6, 6.07) is 9.49. The fraction of sp³-hybridized carbons (Fsp3) is 0.519. The second kappa shape index (κ2) is 10.5. The van der Waals surface area contributed by atoms with Crippen molar-refractivity contribution in [1.82, 2.24) is 5.32 Å². The third-order valence-corrected chi connectivity index (χ3v) is 8.64. The van der Waals surface area contributed by atoms with Gasteiger partial charge in [-0.2, -0.15) is 0 Å². The van der Waals surface area contributed by atoms with Gasteiger partial charge in [-0.05, 0) is 62.4 Å². The lowest BCUT2D eigenvalue weighted by atomic mass is 9.84. The van der Waals surface area contributed by atoms with E-state index in [0.29, 0.717) is 18.8 Å². The number of hydrogen-bond acceptors (Lipinski definition) is 5. The first-order chi connectivity index (χ1) is 16.7. The molecule has 3 N–H and O–H groups in total. The summed E-state index contributed by atoms with van der Waals surface area (Å²) in [5, 5.41) is 15.5. The number of carbonyl (C=O) groups is 3. The molecule has 1 fully saturated rings. The molecule has 1 aromatic heterocycles. The molecule has 35 heavy (non-hydrogen) atoms. The molecule has 1 saturated carbocycles. The van der Waals surface area contributed by atoms with Crippen molar-refractivity contribution in [3.8, 4) is 0 Å². The van der Waals surface area contributed by atoms with E-state index in [4.69, 9.17) is 0 Å². The molecular weight excluding hydrogens is 462 g/mol. The number of rotatable bonds is 6. The van der Waals surface area contributed by atoms with E-state index in [1.807, 2.05) is 32.0 Å². The van der Waals surface area contributed by atoms with Crippen molar-refractivity contribution in [3.63, 3.8) is 0 Å². The molecule has 0 saturated heterocycles. The summed E-state index contributed by atoms with van der Waals surface area (Å²) in [6.07, 6.45) is 5.31. The van der Waals surface area contributed by atoms with Crippen molar-refractivity contribution < 1.29 is 19.5 Å². The number of benzene rings is 1. The maximum absolute atomic E-state index is 12.7. The summed E-state index contributed by atoms with van der Waals surface area (Å²) in [4.78, 5) is 41.9. The third-order valence-electron chi connectivity index (χ3n) is 7.14. The minimum absolute atomic E-state index is 0.0568. The minimum atomic E-state index is -0.716. The van der Waals surface area contributed by atoms with Crippen molar-refractivity contribution in [2.45, 2.75) is 70.8 Å². The van der Waals surface area contributed by atoms with Gasteiger partial charge < -0.3 is 20.6 Å². The first kappa shape index (κ1) is 25.4. The van der Waals surface area contributed by atoms with Crippen LogP contribution in [0.3, 0.4) is 0 Å². The summed E-state index contributed by atoms with van der Waals surface area (Å²) in [6.45, 7) is 6.56. The Bertz CT molecular complexity index is 1100. The van der Waals surface area contributed by atoms with Crippen LogP contribution in [0, 0.1) is 5.92 Å². The lowest BCUT2D eigenvalue weighted by molar-refractivity contribution is -0.136. The normalized spacial score (nSPS) is 17.7. The smallest absolute Gasteiger partial charge is 0.313 e. The number of fused-ring (bicyclic) bond motifs is 1. The van der Waals surface area contributed by atoms with E-state index in [1.165, 1.54) is 0 Å². The van der Waals surface area contributed by atoms with Crippen LogP contribution in [-0.2, 0) is 26.2 Å². The first-order valence-electron chi connectivity index (χ1n) is 12.5. The van der Waals surface area contributed by atoms with Gasteiger partial charge in [-0.15, -0.1) is 11.3 Å². The molecule has 2 aromatic rings. The summed E-state index contributed by atoms with van der Waals surface area (Å²) in [5.41, 5.74) is 2.19. The molecule has 8 heteroatoms. The quantitative estimate of drug-likeness (QED) is 0.518. The molecule has 0 spiro atoms. The highest BCUT2D eigenvalue weighted by atomic mass is 32.1. The number of carbonyl (C=O) groups excluding carboxylic acids is 3. The van der Waals surface area contributed by atoms with Gasteiger partial charge in [0.1, 0.15) is 0 Å². The molecule has 0 bridgehead atoms. The summed E-state index contributed by atoms with van der Waals surface area (Å²) in [7, 11) is 0. The van der Waals surface area contributed by atoms with Crippen molar-refractivity contribution in [2.24, 2.45) is 5.92 Å². The van der Waals surface area contributed by atoms with Crippen LogP contribution in [0.4, 0.5) is 11.4 Å². The fourth-order valence-electron chi connectivity index (χ4n) is 5.14. The number of aliphatic hydroxyl groups is 1. The zero-order valence-corrected chi connectivity index (χ0v) is 21.5. The lowest BCUT2D eigenvalue weighted by Gasteiger charge is -2.31. The Labute approximate surface area is 210 Å². The van der Waals surface area contributed by atoms with Gasteiger partial charge in [0.05, 0.1) is 6.10 Å². The zero-order chi connectivity index (χ0) is 25.2. The predicted octanol–water partition coefficient (Wildman–Crippen LogP) is 4.30. The van der Waals surface area contributed by atoms with Gasteiger partial charge in [0.15, 0.2) is 0 Å². The molecule has 1 aliphatic carbocycles. The Hall–Kier alpha value is -2.71. The third kappa shape index (κ3) is 5.43. The van der Waals surface area contributed by atoms with Gasteiger partial charge >= 0.3 is 11.8 Å². The maximum atomic E-state index is 12.7. The molecule has 2 aliphatic rings. The van der Waals surface area contributed by atoms with Crippen LogP contribution in [0.5, 0.6) is 0 Å². The molecule has 1 unspecified atom stereocenters. The summed E-state index contributed by atoms with van der Waals surface area (Å²) >= 11 is 1.58. The van der Waals surface area contributed by atoms with Crippen molar-refractivity contribution >= 4 is 40.4 Å². The topological polar surface area (TPSA) is 98.7 Å². The van der Waals surface area contributed by atoms with Gasteiger partial charge in [-0.25, -0.2) is 0 Å². The van der Waals surface area contributed by atoms with E-state index in [2.05, 4.69) is 10.6 Å². The van der Waals surface area contributed by atoms with Crippen molar-refractivity contribution in [2.75, 3.05) is 23.3 Å². The second-order valence-corrected chi connectivity index (χ2v) is 11.2. The number of hydrogen-bond donors (Lipinski definition) is 3. The fourth-order valence-corrected chi connectivity index (χ4v) is 6.32. The van der Waals surface area contributed by atoms with Gasteiger partial charge in [-0.1, -0.05) is 32.8 Å². The predicted molar refractivity (Wildman–Crippen MR) is 139 cm³/mol. The molecule has 1 atom stereocenters. The van der Waals surface area contributed by atoms with Gasteiger partial charge in [0.25, 0.3) is 0 Å². The van der Waals surface area contributed by atoms with Gasteiger partial charge in [0, 0.05) is 45.6 Å². The van der Waals surface area contributed by atoms with Crippen LogP contribution >= 0.6 is 11.3 Å². The number of amides is 3. The Kier molecular flexibility index (Phi) is 7.62. The van der Waals surface area contributed by atoms with Crippen LogP contribution in [0.25, 0.3) is 0 Å². The number of thiophene rings is 1. The molecule has 2 heterocycles. The molecular formula is C27H35N3O4S. The number of anilines is 2. The van der Waals surface area contributed by atoms with E-state index in [0.717, 1.165) is 59.5 Å². The molecule has 0 radical (unpaired) electrons. The Balaban J connectivity index is 1.42. The zero-order valence-electron chi connectivity index (χ0n) is 20.7. The highest BCUT2D eigenvalue weighted by Gasteiger charge is 2.38. The second-order valence-electron chi connectivity index (χ2n) is 10.1. The van der Waals surface area contributed by atoms with Gasteiger partial charge in [0.2, 0.25) is 5.91 Å². The SMILES string of the molecule is CC(C)C(=O)N1CCCc2ccc(NC(=O)C(=O)NCC3(c4ccc(C(C)O)s4)CCCC3)cc21. The molecule has 1 aliphatic heterocycles. The molecule has 4 rings (SSSR count). The minimum Gasteiger partial charge on any atom is -0.388 e. The van der Waals surface area contributed by atoms with E-state index >= 15 is 0 Å². The first-order valence-corrected chi connectivity index (χ1v) is 13.3. The van der Waals surface area contributed by atoms with Crippen LogP contribution in [0.15, 0.2) is 30.3 Å². The van der Waals surface area contributed by atoms with E-state index < -0.39 is 17.9 Å². The van der Waals surface area contributed by atoms with Gasteiger partial charge in [-0.3, -0.25) is 14.4 Å². The number of aryl methyl sites for hydroxylation is 1. The van der Waals surface area contributed by atoms with Crippen LogP contribution in [0.1, 0.15) is 74.3 Å². The van der Waals surface area contributed by atoms with E-state index in [1.54, 1.807) is 35.3 Å². The Morgan fingerprint density at radius 1 is 1.06 bits per heavy atom. The number of aliphatic hydroxyl groups excluding tert-OH is 1. The van der Waals surface area contributed by atoms with Crippen LogP contribution < -0.4 is 15.5 Å². The molecule has 7 nitrogen and oxygen atoms in total. The molecule has 3 amide bonds. The van der Waals surface area contributed by atoms with Crippen LogP contribution in [0.2, 0.25) is 0 Å².